The van der Waals surface area contributed by atoms with E-state index < -0.39 is 0 Å². The Morgan fingerprint density at radius 3 is 2.69 bits per heavy atom. The molecule has 0 unspecified atom stereocenters. The summed E-state index contributed by atoms with van der Waals surface area (Å²) in [6.07, 6.45) is 3.55. The number of fused-ring (bicyclic) bond motifs is 1. The minimum atomic E-state index is 0.701. The van der Waals surface area contributed by atoms with E-state index in [4.69, 9.17) is 15.5 Å². The van der Waals surface area contributed by atoms with Crippen LogP contribution < -0.4 is 10.6 Å². The molecule has 1 saturated heterocycles. The highest BCUT2D eigenvalue weighted by atomic mass is 16.5. The molecule has 0 amide bonds. The third kappa shape index (κ3) is 3.19. The fraction of sp³-hybridized carbons (Fsp3) is 0.227. The lowest BCUT2D eigenvalue weighted by Crippen LogP contribution is -2.36. The molecule has 4 aromatic rings. The number of pyridine rings is 2. The molecule has 3 N–H and O–H groups in total. The van der Waals surface area contributed by atoms with Gasteiger partial charge < -0.3 is 15.4 Å². The van der Waals surface area contributed by atoms with Gasteiger partial charge >= 0.3 is 0 Å². The monoisotopic (exact) mass is 386 g/mol. The maximum atomic E-state index is 6.13. The predicted octanol–water partition coefficient (Wildman–Crippen LogP) is 3.41. The molecule has 0 atom stereocenters. The van der Waals surface area contributed by atoms with E-state index in [9.17, 15) is 0 Å². The molecule has 7 nitrogen and oxygen atoms in total. The third-order valence-electron chi connectivity index (χ3n) is 5.36. The molecule has 1 fully saturated rings. The van der Waals surface area contributed by atoms with Crippen LogP contribution in [0.25, 0.3) is 33.4 Å². The molecule has 4 heterocycles. The van der Waals surface area contributed by atoms with Crippen molar-refractivity contribution in [2.24, 2.45) is 0 Å². The number of benzene rings is 1. The molecule has 3 aromatic heterocycles. The second kappa shape index (κ2) is 7.18. The van der Waals surface area contributed by atoms with Crippen LogP contribution in [0.15, 0.2) is 48.8 Å². The van der Waals surface area contributed by atoms with Gasteiger partial charge in [-0.1, -0.05) is 6.07 Å². The van der Waals surface area contributed by atoms with E-state index in [1.54, 1.807) is 6.20 Å². The van der Waals surface area contributed by atoms with E-state index >= 15 is 0 Å². The summed E-state index contributed by atoms with van der Waals surface area (Å²) in [4.78, 5) is 11.9. The lowest BCUT2D eigenvalue weighted by atomic mass is 9.96. The number of anilines is 2. The number of rotatable bonds is 3. The normalized spacial score (nSPS) is 14.4. The van der Waals surface area contributed by atoms with E-state index in [2.05, 4.69) is 39.1 Å². The van der Waals surface area contributed by atoms with E-state index in [1.165, 1.54) is 5.56 Å². The van der Waals surface area contributed by atoms with E-state index in [0.717, 1.165) is 58.0 Å². The van der Waals surface area contributed by atoms with Crippen LogP contribution in [0.4, 0.5) is 11.5 Å². The number of hydrogen-bond acceptors (Lipinski definition) is 6. The van der Waals surface area contributed by atoms with Crippen LogP contribution in [-0.2, 0) is 4.74 Å². The van der Waals surface area contributed by atoms with E-state index in [0.29, 0.717) is 13.2 Å². The van der Waals surface area contributed by atoms with Crippen molar-refractivity contribution in [3.05, 3.63) is 54.4 Å². The fourth-order valence-corrected chi connectivity index (χ4v) is 3.83. The van der Waals surface area contributed by atoms with Crippen molar-refractivity contribution < 1.29 is 4.74 Å². The first-order valence-electron chi connectivity index (χ1n) is 9.69. The molecule has 0 bridgehead atoms. The third-order valence-corrected chi connectivity index (χ3v) is 5.36. The zero-order chi connectivity index (χ0) is 19.8. The van der Waals surface area contributed by atoms with E-state index in [-0.39, 0.29) is 0 Å². The molecule has 1 aromatic carbocycles. The van der Waals surface area contributed by atoms with Gasteiger partial charge in [0.05, 0.1) is 18.9 Å². The molecule has 1 aliphatic rings. The van der Waals surface area contributed by atoms with Gasteiger partial charge in [0.25, 0.3) is 0 Å². The molecule has 7 heteroatoms. The first kappa shape index (κ1) is 17.6. The second-order valence-electron chi connectivity index (χ2n) is 7.23. The highest BCUT2D eigenvalue weighted by Crippen LogP contribution is 2.37. The van der Waals surface area contributed by atoms with Crippen molar-refractivity contribution in [1.82, 2.24) is 20.2 Å². The minimum absolute atomic E-state index is 0.701. The van der Waals surface area contributed by atoms with Crippen LogP contribution in [0.1, 0.15) is 5.56 Å². The highest BCUT2D eigenvalue weighted by Gasteiger charge is 2.19. The van der Waals surface area contributed by atoms with Crippen molar-refractivity contribution in [3.63, 3.8) is 0 Å². The maximum Gasteiger partial charge on any atom is 0.130 e. The summed E-state index contributed by atoms with van der Waals surface area (Å²) < 4.78 is 5.53. The number of nitrogens with zero attached hydrogens (tertiary/aromatic N) is 4. The number of morpholine rings is 1. The number of nitrogens with one attached hydrogen (secondary N) is 1. The Kier molecular flexibility index (Phi) is 4.37. The number of aryl methyl sites for hydroxylation is 1. The lowest BCUT2D eigenvalue weighted by molar-refractivity contribution is 0.122. The smallest absolute Gasteiger partial charge is 0.130 e. The Labute approximate surface area is 168 Å². The largest absolute Gasteiger partial charge is 0.399 e. The number of hydrogen-bond donors (Lipinski definition) is 2. The molecular weight excluding hydrogens is 364 g/mol. The van der Waals surface area contributed by atoms with Crippen LogP contribution in [0.5, 0.6) is 0 Å². The van der Waals surface area contributed by atoms with Crippen molar-refractivity contribution in [1.29, 1.82) is 0 Å². The maximum absolute atomic E-state index is 6.13. The Morgan fingerprint density at radius 2 is 1.90 bits per heavy atom. The number of aromatic amines is 1. The van der Waals surface area contributed by atoms with Gasteiger partial charge in [0.15, 0.2) is 0 Å². The number of nitrogens with two attached hydrogens (primary N) is 1. The zero-order valence-electron chi connectivity index (χ0n) is 16.2. The molecular formula is C22H22N6O. The van der Waals surface area contributed by atoms with Gasteiger partial charge in [0, 0.05) is 36.6 Å². The number of nitrogen functional groups attached to an aromatic ring is 1. The molecule has 0 aliphatic carbocycles. The van der Waals surface area contributed by atoms with Crippen LogP contribution in [0, 0.1) is 6.92 Å². The van der Waals surface area contributed by atoms with Gasteiger partial charge in [-0.15, -0.1) is 0 Å². The predicted molar refractivity (Wildman–Crippen MR) is 115 cm³/mol. The van der Waals surface area contributed by atoms with Crippen LogP contribution in [-0.4, -0.2) is 46.5 Å². The van der Waals surface area contributed by atoms with Crippen molar-refractivity contribution >= 4 is 22.4 Å². The average Bonchev–Trinajstić information content (AvgIpc) is 3.29. The fourth-order valence-electron chi connectivity index (χ4n) is 3.83. The first-order valence-corrected chi connectivity index (χ1v) is 9.69. The quantitative estimate of drug-likeness (QED) is 0.524. The molecule has 5 rings (SSSR count). The van der Waals surface area contributed by atoms with Crippen molar-refractivity contribution in [2.45, 2.75) is 6.92 Å². The van der Waals surface area contributed by atoms with Gasteiger partial charge in [-0.25, -0.2) is 4.98 Å². The lowest BCUT2D eigenvalue weighted by Gasteiger charge is -2.28. The second-order valence-corrected chi connectivity index (χ2v) is 7.23. The van der Waals surface area contributed by atoms with Crippen LogP contribution in [0.3, 0.4) is 0 Å². The molecule has 0 spiro atoms. The summed E-state index contributed by atoms with van der Waals surface area (Å²) in [6, 6.07) is 12.1. The summed E-state index contributed by atoms with van der Waals surface area (Å²) in [5, 5.41) is 8.14. The molecule has 0 radical (unpaired) electrons. The number of H-pyrrole nitrogens is 1. The van der Waals surface area contributed by atoms with Gasteiger partial charge in [-0.3, -0.25) is 10.1 Å². The highest BCUT2D eigenvalue weighted by molar-refractivity contribution is 6.02. The number of ether oxygens (including phenoxy) is 1. The summed E-state index contributed by atoms with van der Waals surface area (Å²) in [5.74, 6) is 0.923. The minimum Gasteiger partial charge on any atom is -0.399 e. The standard InChI is InChI=1S/C22H22N6O/c1-14-2-3-15(23)12-17(14)18-13-20(28-8-10-29-11-9-28)26-21-16(18)4-6-24-22(21)19-5-7-25-27-19/h2-7,12-13H,8-11,23H2,1H3,(H,25,27). The van der Waals surface area contributed by atoms with E-state index in [1.807, 2.05) is 30.5 Å². The molecule has 1 aliphatic heterocycles. The Bertz CT molecular complexity index is 1170. The van der Waals surface area contributed by atoms with Gasteiger partial charge in [-0.05, 0) is 53.9 Å². The SMILES string of the molecule is Cc1ccc(N)cc1-c1cc(N2CCOCC2)nc2c(-c3ccn[nH]3)nccc12. The summed E-state index contributed by atoms with van der Waals surface area (Å²) in [6.45, 7) is 5.13. The van der Waals surface area contributed by atoms with Crippen molar-refractivity contribution in [3.8, 4) is 22.5 Å². The Hall–Kier alpha value is -3.45. The molecule has 146 valence electrons. The summed E-state index contributed by atoms with van der Waals surface area (Å²) in [7, 11) is 0. The first-order chi connectivity index (χ1) is 14.2. The van der Waals surface area contributed by atoms with Gasteiger partial charge in [-0.2, -0.15) is 5.10 Å². The van der Waals surface area contributed by atoms with Gasteiger partial charge in [0.2, 0.25) is 0 Å². The Morgan fingerprint density at radius 1 is 1.03 bits per heavy atom. The Balaban J connectivity index is 1.80. The van der Waals surface area contributed by atoms with Crippen LogP contribution in [0.2, 0.25) is 0 Å². The van der Waals surface area contributed by atoms with Crippen molar-refractivity contribution in [2.75, 3.05) is 36.9 Å². The number of aromatic nitrogens is 4. The molecule has 29 heavy (non-hydrogen) atoms. The summed E-state index contributed by atoms with van der Waals surface area (Å²) in [5.41, 5.74) is 12.7. The topological polar surface area (TPSA) is 93.0 Å². The average molecular weight is 386 g/mol. The van der Waals surface area contributed by atoms with Crippen LogP contribution >= 0.6 is 0 Å². The summed E-state index contributed by atoms with van der Waals surface area (Å²) >= 11 is 0. The zero-order valence-corrected chi connectivity index (χ0v) is 16.2. The van der Waals surface area contributed by atoms with Gasteiger partial charge in [0.1, 0.15) is 17.0 Å². The molecule has 0 saturated carbocycles.